The molecule has 0 saturated carbocycles. The zero-order chi connectivity index (χ0) is 31.1. The number of alkyl halides is 3. The third-order valence-electron chi connectivity index (χ3n) is 7.23. The molecule has 230 valence electrons. The number of hydrogen-bond donors (Lipinski definition) is 1. The van der Waals surface area contributed by atoms with Gasteiger partial charge in [0.25, 0.3) is 5.69 Å². The van der Waals surface area contributed by atoms with E-state index in [1.165, 1.54) is 35.2 Å². The predicted molar refractivity (Wildman–Crippen MR) is 157 cm³/mol. The van der Waals surface area contributed by atoms with Crippen molar-refractivity contribution in [3.05, 3.63) is 82.0 Å². The van der Waals surface area contributed by atoms with E-state index in [1.54, 1.807) is 12.3 Å². The molecule has 1 amide bonds. The molecule has 0 unspecified atom stereocenters. The number of carbonyl (C=O) groups excluding carboxylic acids is 1. The minimum atomic E-state index is -4.58. The van der Waals surface area contributed by atoms with E-state index in [2.05, 4.69) is 15.2 Å². The maximum atomic E-state index is 13.7. The number of nitro groups is 1. The molecule has 43 heavy (non-hydrogen) atoms. The molecule has 5 rings (SSSR count). The van der Waals surface area contributed by atoms with Crippen molar-refractivity contribution in [2.45, 2.75) is 51.9 Å². The lowest BCUT2D eigenvalue weighted by Gasteiger charge is -2.40. The Balaban J connectivity index is 0.00000207. The molecule has 0 bridgehead atoms. The van der Waals surface area contributed by atoms with Crippen molar-refractivity contribution >= 4 is 29.0 Å². The van der Waals surface area contributed by atoms with E-state index in [9.17, 15) is 28.1 Å². The molecular formula is C30H34F3N5O5. The highest BCUT2D eigenvalue weighted by atomic mass is 19.4. The fourth-order valence-electron chi connectivity index (χ4n) is 5.11. The Morgan fingerprint density at radius 3 is 2.40 bits per heavy atom. The molecule has 1 saturated heterocycles. The molecule has 0 radical (unpaired) electrons. The van der Waals surface area contributed by atoms with Crippen molar-refractivity contribution in [1.29, 1.82) is 0 Å². The third-order valence-corrected chi connectivity index (χ3v) is 7.23. The molecule has 1 N–H and O–H groups in total. The van der Waals surface area contributed by atoms with Gasteiger partial charge in [0.2, 0.25) is 0 Å². The van der Waals surface area contributed by atoms with E-state index in [0.717, 1.165) is 30.9 Å². The summed E-state index contributed by atoms with van der Waals surface area (Å²) >= 11 is 0. The van der Waals surface area contributed by atoms with E-state index in [1.807, 2.05) is 26.8 Å². The van der Waals surface area contributed by atoms with Gasteiger partial charge in [0.15, 0.2) is 0 Å². The van der Waals surface area contributed by atoms with Gasteiger partial charge in [0, 0.05) is 31.3 Å². The molecular weight excluding hydrogens is 567 g/mol. The van der Waals surface area contributed by atoms with Gasteiger partial charge in [-0.2, -0.15) is 13.2 Å². The summed E-state index contributed by atoms with van der Waals surface area (Å²) in [6.45, 7) is 8.62. The van der Waals surface area contributed by atoms with E-state index < -0.39 is 34.8 Å². The molecule has 3 aromatic rings. The van der Waals surface area contributed by atoms with Gasteiger partial charge in [-0.05, 0) is 60.9 Å². The number of anilines is 3. The van der Waals surface area contributed by atoms with E-state index >= 15 is 0 Å². The Bertz CT molecular complexity index is 1400. The Morgan fingerprint density at radius 2 is 1.81 bits per heavy atom. The van der Waals surface area contributed by atoms with Crippen LogP contribution in [0.15, 0.2) is 60.8 Å². The molecule has 10 nitrogen and oxygen atoms in total. The predicted octanol–water partition coefficient (Wildman–Crippen LogP) is 7.21. The Hall–Kier alpha value is -4.39. The number of nitro benzene ring substituents is 1. The first-order chi connectivity index (χ1) is 20.6. The standard InChI is InChI=1S/C28H28F3N5O5.C2H6/c1-2-19-16-24(33-26-10-6-21(17-32-26)34-11-13-40-14-12-34)23-15-18(28(29,30)31)3-9-25(23)35(19)27(37)41-22-7-4-20(5-8-22)36(38)39;1-2/h3-10,15,17,19,24H,2,11-14,16H2,1H3,(H,32,33);1-2H3/t19-,24+;/m1./s1. The molecule has 2 aliphatic rings. The number of carbonyl (C=O) groups is 1. The quantitative estimate of drug-likeness (QED) is 0.233. The number of halogens is 3. The first-order valence-electron chi connectivity index (χ1n) is 14.2. The normalized spacial score (nSPS) is 18.2. The second-order valence-electron chi connectivity index (χ2n) is 9.76. The highest BCUT2D eigenvalue weighted by Gasteiger charge is 2.39. The maximum absolute atomic E-state index is 13.7. The van der Waals surface area contributed by atoms with Crippen LogP contribution in [0.25, 0.3) is 0 Å². The van der Waals surface area contributed by atoms with Crippen molar-refractivity contribution in [3.8, 4) is 5.75 Å². The van der Waals surface area contributed by atoms with E-state index in [-0.39, 0.29) is 22.7 Å². The maximum Gasteiger partial charge on any atom is 0.420 e. The second-order valence-corrected chi connectivity index (χ2v) is 9.76. The first-order valence-corrected chi connectivity index (χ1v) is 14.2. The Kier molecular flexibility index (Phi) is 10.1. The molecule has 2 atom stereocenters. The number of amides is 1. The molecule has 13 heteroatoms. The molecule has 3 heterocycles. The number of pyridine rings is 1. The van der Waals surface area contributed by atoms with Crippen LogP contribution in [0.4, 0.5) is 40.8 Å². The number of benzene rings is 2. The van der Waals surface area contributed by atoms with Gasteiger partial charge >= 0.3 is 12.3 Å². The SMILES string of the molecule is CC.CC[C@@H]1C[C@H](Nc2ccc(N3CCOCC3)cn2)c2cc(C(F)(F)F)ccc2N1C(=O)Oc1ccc([N+](=O)[O-])cc1. The molecule has 1 aromatic heterocycles. The lowest BCUT2D eigenvalue weighted by Crippen LogP contribution is -2.47. The minimum Gasteiger partial charge on any atom is -0.410 e. The number of non-ortho nitro benzene ring substituents is 1. The van der Waals surface area contributed by atoms with Gasteiger partial charge in [0.05, 0.1) is 47.3 Å². The number of hydrogen-bond acceptors (Lipinski definition) is 8. The second kappa shape index (κ2) is 13.7. The highest BCUT2D eigenvalue weighted by molar-refractivity contribution is 5.92. The lowest BCUT2D eigenvalue weighted by molar-refractivity contribution is -0.384. The number of rotatable bonds is 6. The van der Waals surface area contributed by atoms with Gasteiger partial charge in [-0.3, -0.25) is 15.0 Å². The molecule has 0 aliphatic carbocycles. The number of aromatic nitrogens is 1. The monoisotopic (exact) mass is 601 g/mol. The van der Waals surface area contributed by atoms with Crippen molar-refractivity contribution < 1.29 is 32.4 Å². The van der Waals surface area contributed by atoms with Gasteiger partial charge in [-0.25, -0.2) is 9.78 Å². The summed E-state index contributed by atoms with van der Waals surface area (Å²) in [5.41, 5.74) is 0.487. The van der Waals surface area contributed by atoms with Crippen LogP contribution < -0.4 is 19.9 Å². The zero-order valence-corrected chi connectivity index (χ0v) is 24.1. The fraction of sp³-hybridized carbons (Fsp3) is 0.400. The number of fused-ring (bicyclic) bond motifs is 1. The summed E-state index contributed by atoms with van der Waals surface area (Å²) in [6.07, 6.45) is -2.86. The van der Waals surface area contributed by atoms with Crippen molar-refractivity contribution in [1.82, 2.24) is 4.98 Å². The van der Waals surface area contributed by atoms with Gasteiger partial charge in [-0.1, -0.05) is 20.8 Å². The van der Waals surface area contributed by atoms with Crippen LogP contribution >= 0.6 is 0 Å². The van der Waals surface area contributed by atoms with Crippen molar-refractivity contribution in [2.24, 2.45) is 0 Å². The molecule has 2 aromatic carbocycles. The van der Waals surface area contributed by atoms with Crippen LogP contribution in [-0.4, -0.2) is 48.3 Å². The molecule has 0 spiro atoms. The van der Waals surface area contributed by atoms with Gasteiger partial charge in [0.1, 0.15) is 11.6 Å². The number of nitrogens with one attached hydrogen (secondary N) is 1. The smallest absolute Gasteiger partial charge is 0.410 e. The summed E-state index contributed by atoms with van der Waals surface area (Å²) < 4.78 is 52.0. The summed E-state index contributed by atoms with van der Waals surface area (Å²) in [6, 6.07) is 11.0. The Morgan fingerprint density at radius 1 is 1.12 bits per heavy atom. The average Bonchev–Trinajstić information content (AvgIpc) is 3.02. The molecule has 2 aliphatic heterocycles. The van der Waals surface area contributed by atoms with Crippen LogP contribution in [0.2, 0.25) is 0 Å². The summed E-state index contributed by atoms with van der Waals surface area (Å²) in [5.74, 6) is 0.570. The van der Waals surface area contributed by atoms with E-state index in [4.69, 9.17) is 9.47 Å². The molecule has 1 fully saturated rings. The Labute approximate surface area is 247 Å². The highest BCUT2D eigenvalue weighted by Crippen LogP contribution is 2.43. The van der Waals surface area contributed by atoms with Gasteiger partial charge < -0.3 is 19.7 Å². The van der Waals surface area contributed by atoms with Crippen LogP contribution in [0.1, 0.15) is 50.8 Å². The fourth-order valence-corrected chi connectivity index (χ4v) is 5.11. The average molecular weight is 602 g/mol. The zero-order valence-electron chi connectivity index (χ0n) is 24.1. The van der Waals surface area contributed by atoms with Crippen LogP contribution in [0.3, 0.4) is 0 Å². The third kappa shape index (κ3) is 7.34. The summed E-state index contributed by atoms with van der Waals surface area (Å²) in [5, 5.41) is 14.2. The number of ether oxygens (including phenoxy) is 2. The van der Waals surface area contributed by atoms with Crippen LogP contribution in [-0.2, 0) is 10.9 Å². The van der Waals surface area contributed by atoms with Crippen molar-refractivity contribution in [3.63, 3.8) is 0 Å². The summed E-state index contributed by atoms with van der Waals surface area (Å²) in [4.78, 5) is 31.7. The summed E-state index contributed by atoms with van der Waals surface area (Å²) in [7, 11) is 0. The lowest BCUT2D eigenvalue weighted by atomic mass is 9.88. The van der Waals surface area contributed by atoms with Crippen LogP contribution in [0, 0.1) is 10.1 Å². The number of nitrogens with zero attached hydrogens (tertiary/aromatic N) is 4. The van der Waals surface area contributed by atoms with Crippen molar-refractivity contribution in [2.75, 3.05) is 41.4 Å². The van der Waals surface area contributed by atoms with Gasteiger partial charge in [-0.15, -0.1) is 0 Å². The largest absolute Gasteiger partial charge is 0.420 e. The first kappa shape index (κ1) is 31.5. The van der Waals surface area contributed by atoms with Crippen LogP contribution in [0.5, 0.6) is 5.75 Å². The minimum absolute atomic E-state index is 0.0775. The van der Waals surface area contributed by atoms with E-state index in [0.29, 0.717) is 31.9 Å². The number of morpholine rings is 1. The topological polar surface area (TPSA) is 110 Å².